The summed E-state index contributed by atoms with van der Waals surface area (Å²) in [6, 6.07) is -1.39. The van der Waals surface area contributed by atoms with Gasteiger partial charge < -0.3 is 41.0 Å². The molecule has 47 heavy (non-hydrogen) atoms. The van der Waals surface area contributed by atoms with Crippen LogP contribution in [-0.2, 0) is 33.4 Å². The van der Waals surface area contributed by atoms with E-state index in [0.717, 1.165) is 5.70 Å². The van der Waals surface area contributed by atoms with Gasteiger partial charge in [0.15, 0.2) is 0 Å². The number of amides is 5. The Labute approximate surface area is 280 Å². The summed E-state index contributed by atoms with van der Waals surface area (Å²) in [5.74, 6) is -1.63. The van der Waals surface area contributed by atoms with Gasteiger partial charge in [-0.25, -0.2) is 0 Å². The van der Waals surface area contributed by atoms with Crippen LogP contribution in [-0.4, -0.2) is 104 Å². The molecule has 0 saturated heterocycles. The molecule has 0 aliphatic heterocycles. The molecule has 0 radical (unpaired) electrons. The Kier molecular flexibility index (Phi) is 18.8. The number of ether oxygens (including phenoxy) is 2. The Hall–Kier alpha value is -3.55. The third-order valence-electron chi connectivity index (χ3n) is 6.84. The lowest BCUT2D eigenvalue weighted by Gasteiger charge is -2.26. The number of hydrogen-bond acceptors (Lipinski definition) is 8. The van der Waals surface area contributed by atoms with E-state index >= 15 is 0 Å². The van der Waals surface area contributed by atoms with Gasteiger partial charge in [-0.15, -0.1) is 6.58 Å². The molecule has 0 spiro atoms. The maximum absolute atomic E-state index is 13.1. The lowest BCUT2D eigenvalue weighted by molar-refractivity contribution is -0.137. The van der Waals surface area contributed by atoms with Gasteiger partial charge in [0.1, 0.15) is 6.04 Å². The van der Waals surface area contributed by atoms with Crippen LogP contribution in [0.1, 0.15) is 68.2 Å². The first-order valence-corrected chi connectivity index (χ1v) is 16.3. The van der Waals surface area contributed by atoms with Gasteiger partial charge in [0.25, 0.3) is 0 Å². The van der Waals surface area contributed by atoms with E-state index in [2.05, 4.69) is 39.2 Å². The number of carbonyl (C=O) groups is 5. The van der Waals surface area contributed by atoms with Crippen LogP contribution in [0.5, 0.6) is 0 Å². The van der Waals surface area contributed by atoms with Crippen LogP contribution < -0.4 is 26.6 Å². The fraction of sp³-hybridized carbons (Fsp3) is 0.676. The van der Waals surface area contributed by atoms with Gasteiger partial charge in [-0.3, -0.25) is 24.0 Å². The first-order valence-electron chi connectivity index (χ1n) is 16.3. The summed E-state index contributed by atoms with van der Waals surface area (Å²) < 4.78 is 11.4. The van der Waals surface area contributed by atoms with Gasteiger partial charge in [0.05, 0.1) is 50.6 Å². The van der Waals surface area contributed by atoms with E-state index < -0.39 is 35.4 Å². The van der Waals surface area contributed by atoms with Crippen LogP contribution in [0.25, 0.3) is 0 Å². The highest BCUT2D eigenvalue weighted by Gasteiger charge is 2.25. The predicted octanol–water partition coefficient (Wildman–Crippen LogP) is 1.56. The summed E-state index contributed by atoms with van der Waals surface area (Å²) in [5, 5.41) is 14.2. The van der Waals surface area contributed by atoms with Crippen molar-refractivity contribution in [3.63, 3.8) is 0 Å². The van der Waals surface area contributed by atoms with E-state index in [1.807, 2.05) is 53.7 Å². The molecule has 4 atom stereocenters. The van der Waals surface area contributed by atoms with E-state index in [9.17, 15) is 24.0 Å². The summed E-state index contributed by atoms with van der Waals surface area (Å²) in [6.45, 7) is 18.8. The van der Waals surface area contributed by atoms with E-state index in [-0.39, 0.29) is 69.1 Å². The average molecular weight is 663 g/mol. The molecular formula is C34H58N6O7. The van der Waals surface area contributed by atoms with Crippen molar-refractivity contribution >= 4 is 29.5 Å². The fourth-order valence-electron chi connectivity index (χ4n) is 4.61. The largest absolute Gasteiger partial charge is 0.374 e. The number of rotatable bonds is 21. The zero-order valence-corrected chi connectivity index (χ0v) is 29.6. The molecule has 5 N–H and O–H groups in total. The Bertz CT molecular complexity index is 1110. The van der Waals surface area contributed by atoms with E-state index in [4.69, 9.17) is 9.47 Å². The highest BCUT2D eigenvalue weighted by Crippen LogP contribution is 2.13. The second-order valence-electron chi connectivity index (χ2n) is 13.3. The second kappa shape index (κ2) is 21.3. The summed E-state index contributed by atoms with van der Waals surface area (Å²) in [6.07, 6.45) is 8.39. The van der Waals surface area contributed by atoms with E-state index in [1.165, 1.54) is 11.8 Å². The zero-order valence-electron chi connectivity index (χ0n) is 29.6. The fourth-order valence-corrected chi connectivity index (χ4v) is 4.61. The molecule has 0 fully saturated rings. The smallest absolute Gasteiger partial charge is 0.243 e. The van der Waals surface area contributed by atoms with Gasteiger partial charge >= 0.3 is 0 Å². The maximum atomic E-state index is 13.1. The molecule has 266 valence electrons. The van der Waals surface area contributed by atoms with E-state index in [1.54, 1.807) is 13.0 Å². The third-order valence-corrected chi connectivity index (χ3v) is 6.84. The van der Waals surface area contributed by atoms with Crippen LogP contribution in [0.3, 0.4) is 0 Å². The van der Waals surface area contributed by atoms with Crippen molar-refractivity contribution in [2.45, 2.75) is 92.0 Å². The van der Waals surface area contributed by atoms with Crippen molar-refractivity contribution in [3.05, 3.63) is 36.6 Å². The maximum Gasteiger partial charge on any atom is 0.243 e. The zero-order chi connectivity index (χ0) is 35.6. The minimum absolute atomic E-state index is 0.0481. The minimum Gasteiger partial charge on any atom is -0.374 e. The van der Waals surface area contributed by atoms with Gasteiger partial charge in [-0.2, -0.15) is 0 Å². The Balaban J connectivity index is 2.72. The van der Waals surface area contributed by atoms with Crippen molar-refractivity contribution in [1.29, 1.82) is 0 Å². The molecule has 5 amide bonds. The van der Waals surface area contributed by atoms with Crippen LogP contribution >= 0.6 is 0 Å². The molecule has 0 saturated carbocycles. The molecule has 0 aromatic rings. The first kappa shape index (κ1) is 41.5. The molecular weight excluding hydrogens is 604 g/mol. The third kappa shape index (κ3) is 19.7. The molecule has 4 unspecified atom stereocenters. The lowest BCUT2D eigenvalue weighted by atomic mass is 10.0. The minimum atomic E-state index is -0.906. The van der Waals surface area contributed by atoms with Crippen molar-refractivity contribution in [2.24, 2.45) is 11.8 Å². The predicted molar refractivity (Wildman–Crippen MR) is 182 cm³/mol. The summed E-state index contributed by atoms with van der Waals surface area (Å²) in [5.41, 5.74) is 0.401. The molecule has 0 aromatic heterocycles. The Morgan fingerprint density at radius 3 is 2.36 bits per heavy atom. The Morgan fingerprint density at radius 2 is 1.77 bits per heavy atom. The van der Waals surface area contributed by atoms with Crippen LogP contribution in [0.4, 0.5) is 0 Å². The van der Waals surface area contributed by atoms with Crippen molar-refractivity contribution < 1.29 is 33.4 Å². The van der Waals surface area contributed by atoms with Crippen LogP contribution in [0, 0.1) is 11.8 Å². The van der Waals surface area contributed by atoms with Crippen LogP contribution in [0.15, 0.2) is 36.6 Å². The molecule has 0 bridgehead atoms. The first-order chi connectivity index (χ1) is 22.0. The van der Waals surface area contributed by atoms with Crippen LogP contribution in [0.2, 0.25) is 0 Å². The number of carbonyl (C=O) groups excluding carboxylic acids is 5. The second-order valence-corrected chi connectivity index (χ2v) is 13.3. The highest BCUT2D eigenvalue weighted by atomic mass is 16.5. The number of nitrogens with zero attached hydrogens (tertiary/aromatic N) is 1. The van der Waals surface area contributed by atoms with Crippen molar-refractivity contribution in [3.8, 4) is 0 Å². The summed E-state index contributed by atoms with van der Waals surface area (Å²) >= 11 is 0. The van der Waals surface area contributed by atoms with Crippen molar-refractivity contribution in [2.75, 3.05) is 45.9 Å². The Morgan fingerprint density at radius 1 is 1.06 bits per heavy atom. The summed E-state index contributed by atoms with van der Waals surface area (Å²) in [7, 11) is 0. The monoisotopic (exact) mass is 662 g/mol. The number of allylic oxidation sites excluding steroid dienone is 3. The highest BCUT2D eigenvalue weighted by molar-refractivity contribution is 5.92. The number of hydrogen-bond donors (Lipinski definition) is 5. The van der Waals surface area contributed by atoms with Crippen molar-refractivity contribution in [1.82, 2.24) is 31.5 Å². The van der Waals surface area contributed by atoms with Gasteiger partial charge in [0.2, 0.25) is 29.5 Å². The lowest BCUT2D eigenvalue weighted by Crippen LogP contribution is -2.54. The molecule has 0 heterocycles. The molecule has 1 aliphatic rings. The van der Waals surface area contributed by atoms with Gasteiger partial charge in [0, 0.05) is 32.1 Å². The van der Waals surface area contributed by atoms with E-state index in [0.29, 0.717) is 19.4 Å². The molecule has 1 rings (SSSR count). The SMILES string of the molecule is C=CCOC(C)CN(CC(=O)NC(CC(C)C)C(=O)NCC(=O)NC(CNCC(=O)NC1=CC(C)C=CC1)COC(C)(C)C)C(C)=O. The topological polar surface area (TPSA) is 167 Å². The van der Waals surface area contributed by atoms with Gasteiger partial charge in [-0.05, 0) is 46.0 Å². The molecule has 0 aromatic carbocycles. The van der Waals surface area contributed by atoms with Gasteiger partial charge in [-0.1, -0.05) is 45.1 Å². The standard InChI is InChI=1S/C34H58N6O7/c1-10-14-46-25(5)20-40(26(6)41)21-32(44)39-29(15-23(2)3)33(45)36-19-31(43)38-28(22-47-34(7,8)9)17-35-18-30(42)37-27-13-11-12-24(4)16-27/h10-12,16,23-25,28-29,35H,1,13-15,17-22H2,2-9H3,(H,36,45)(H,37,42)(H,38,43)(H,39,44). The molecule has 1 aliphatic carbocycles. The number of nitrogens with one attached hydrogen (secondary N) is 5. The average Bonchev–Trinajstić information content (AvgIpc) is 2.96. The summed E-state index contributed by atoms with van der Waals surface area (Å²) in [4.78, 5) is 64.8. The normalized spacial score (nSPS) is 16.4. The molecule has 13 heteroatoms. The molecule has 13 nitrogen and oxygen atoms in total. The quantitative estimate of drug-likeness (QED) is 0.116.